The lowest BCUT2D eigenvalue weighted by Gasteiger charge is -2.37. The van der Waals surface area contributed by atoms with Crippen LogP contribution in [0.2, 0.25) is 0 Å². The van der Waals surface area contributed by atoms with Gasteiger partial charge in [0.2, 0.25) is 5.91 Å². The van der Waals surface area contributed by atoms with Gasteiger partial charge in [0.1, 0.15) is 5.78 Å². The number of rotatable bonds is 7. The fraction of sp³-hybridized carbons (Fsp3) is 0.857. The van der Waals surface area contributed by atoms with Crippen molar-refractivity contribution in [2.75, 3.05) is 0 Å². The second-order valence-electron chi connectivity index (χ2n) is 10.4. The van der Waals surface area contributed by atoms with Crippen LogP contribution in [0.25, 0.3) is 0 Å². The first-order valence-electron chi connectivity index (χ1n) is 9.92. The number of carbonyl (C=O) groups is 3. The van der Waals surface area contributed by atoms with Crippen LogP contribution in [0.15, 0.2) is 0 Å². The lowest BCUT2D eigenvalue weighted by Crippen LogP contribution is -2.49. The molecule has 1 amide bonds. The summed E-state index contributed by atoms with van der Waals surface area (Å²) in [6.07, 6.45) is 1.15. The summed E-state index contributed by atoms with van der Waals surface area (Å²) in [5.41, 5.74) is -0.849. The summed E-state index contributed by atoms with van der Waals surface area (Å²) in [5.74, 6) is -1.67. The molecule has 2 aliphatic rings. The molecule has 0 radical (unpaired) electrons. The summed E-state index contributed by atoms with van der Waals surface area (Å²) in [5, 5.41) is 22.9. The van der Waals surface area contributed by atoms with Crippen LogP contribution in [0.3, 0.4) is 0 Å². The van der Waals surface area contributed by atoms with Gasteiger partial charge in [-0.1, -0.05) is 41.5 Å². The summed E-state index contributed by atoms with van der Waals surface area (Å²) in [4.78, 5) is 36.1. The van der Waals surface area contributed by atoms with Gasteiger partial charge in [-0.15, -0.1) is 0 Å². The third kappa shape index (κ3) is 4.05. The van der Waals surface area contributed by atoms with Crippen LogP contribution in [0.1, 0.15) is 73.6 Å². The van der Waals surface area contributed by atoms with Crippen LogP contribution >= 0.6 is 0 Å². The van der Waals surface area contributed by atoms with E-state index in [1.54, 1.807) is 20.8 Å². The lowest BCUT2D eigenvalue weighted by molar-refractivity contribution is -0.139. The number of nitrogens with one attached hydrogen (secondary N) is 1. The van der Waals surface area contributed by atoms with Gasteiger partial charge in [-0.25, -0.2) is 0 Å². The van der Waals surface area contributed by atoms with E-state index >= 15 is 0 Å². The van der Waals surface area contributed by atoms with Crippen molar-refractivity contribution < 1.29 is 24.6 Å². The van der Waals surface area contributed by atoms with Crippen LogP contribution in [0.5, 0.6) is 0 Å². The smallest absolute Gasteiger partial charge is 0.303 e. The zero-order chi connectivity index (χ0) is 20.8. The first-order valence-corrected chi connectivity index (χ1v) is 9.92. The Labute approximate surface area is 162 Å². The van der Waals surface area contributed by atoms with Gasteiger partial charge in [0.15, 0.2) is 0 Å². The van der Waals surface area contributed by atoms with Crippen molar-refractivity contribution in [2.24, 2.45) is 28.1 Å². The molecule has 154 valence electrons. The van der Waals surface area contributed by atoms with Gasteiger partial charge >= 0.3 is 5.97 Å². The summed E-state index contributed by atoms with van der Waals surface area (Å²) >= 11 is 0. The van der Waals surface area contributed by atoms with Crippen molar-refractivity contribution in [1.29, 1.82) is 0 Å². The molecular formula is C21H35NO5. The fourth-order valence-corrected chi connectivity index (χ4v) is 5.05. The van der Waals surface area contributed by atoms with Gasteiger partial charge in [0.25, 0.3) is 0 Å². The highest BCUT2D eigenvalue weighted by molar-refractivity contribution is 5.85. The molecule has 1 unspecified atom stereocenters. The number of Topliss-reactive ketones (excluding diaryl/α,β-unsaturated/α-hetero) is 1. The van der Waals surface area contributed by atoms with Crippen molar-refractivity contribution in [3.63, 3.8) is 0 Å². The van der Waals surface area contributed by atoms with Gasteiger partial charge in [-0.3, -0.25) is 14.4 Å². The topological polar surface area (TPSA) is 104 Å². The van der Waals surface area contributed by atoms with Crippen molar-refractivity contribution in [2.45, 2.75) is 85.8 Å². The minimum atomic E-state index is -1.01. The molecule has 2 rings (SSSR count). The van der Waals surface area contributed by atoms with Crippen molar-refractivity contribution in [1.82, 2.24) is 5.32 Å². The minimum Gasteiger partial charge on any atom is -0.481 e. The van der Waals surface area contributed by atoms with Gasteiger partial charge in [-0.05, 0) is 30.1 Å². The number of hydrogen-bond donors (Lipinski definition) is 3. The largest absolute Gasteiger partial charge is 0.481 e. The number of carbonyl (C=O) groups excluding carboxylic acids is 2. The Morgan fingerprint density at radius 2 is 1.70 bits per heavy atom. The molecule has 0 spiro atoms. The number of fused-ring (bicyclic) bond motifs is 2. The fourth-order valence-electron chi connectivity index (χ4n) is 5.05. The molecule has 0 aromatic rings. The molecule has 6 nitrogen and oxygen atoms in total. The monoisotopic (exact) mass is 381 g/mol. The Kier molecular flexibility index (Phi) is 5.82. The number of ketones is 1. The summed E-state index contributed by atoms with van der Waals surface area (Å²) < 4.78 is 0. The molecule has 2 fully saturated rings. The van der Waals surface area contributed by atoms with Crippen molar-refractivity contribution in [3.05, 3.63) is 0 Å². The standard InChI is InChI=1S/C21H35NO5/c1-19(2,3)14(23)9-12(11-16(25)26)10-15(24)22-17-13-7-8-21(6,18(17)27)20(13,4)5/h12-13,17-18,27H,7-11H2,1-6H3,(H,22,24)(H,25,26)/t12?,13-,17+,18+,21+/m1/s1. The van der Waals surface area contributed by atoms with E-state index in [2.05, 4.69) is 26.1 Å². The Balaban J connectivity index is 2.04. The third-order valence-corrected chi connectivity index (χ3v) is 7.38. The maximum atomic E-state index is 12.6. The summed E-state index contributed by atoms with van der Waals surface area (Å²) in [6.45, 7) is 11.8. The molecule has 5 atom stereocenters. The summed E-state index contributed by atoms with van der Waals surface area (Å²) in [7, 11) is 0. The van der Waals surface area contributed by atoms with E-state index in [1.807, 2.05) is 0 Å². The minimum absolute atomic E-state index is 0.0127. The molecule has 2 saturated carbocycles. The number of aliphatic hydroxyl groups is 1. The van der Waals surface area contributed by atoms with E-state index in [1.165, 1.54) is 0 Å². The lowest BCUT2D eigenvalue weighted by atomic mass is 9.70. The number of aliphatic carboxylic acids is 1. The van der Waals surface area contributed by atoms with Crippen LogP contribution in [-0.4, -0.2) is 40.0 Å². The molecule has 2 aliphatic carbocycles. The molecule has 0 heterocycles. The molecule has 27 heavy (non-hydrogen) atoms. The Bertz CT molecular complexity index is 621. The van der Waals surface area contributed by atoms with Crippen LogP contribution < -0.4 is 5.32 Å². The van der Waals surface area contributed by atoms with Crippen molar-refractivity contribution in [3.8, 4) is 0 Å². The van der Waals surface area contributed by atoms with Crippen LogP contribution in [0.4, 0.5) is 0 Å². The van der Waals surface area contributed by atoms with E-state index in [4.69, 9.17) is 5.11 Å². The Hall–Kier alpha value is -1.43. The first-order chi connectivity index (χ1) is 12.2. The number of amides is 1. The van der Waals surface area contributed by atoms with E-state index in [0.29, 0.717) is 0 Å². The zero-order valence-corrected chi connectivity index (χ0v) is 17.5. The number of carboxylic acid groups (broad SMARTS) is 1. The van der Waals surface area contributed by atoms with Gasteiger partial charge in [0, 0.05) is 30.1 Å². The van der Waals surface area contributed by atoms with E-state index in [0.717, 1.165) is 12.8 Å². The van der Waals surface area contributed by atoms with Crippen molar-refractivity contribution >= 4 is 17.7 Å². The molecule has 0 saturated heterocycles. The number of hydrogen-bond acceptors (Lipinski definition) is 4. The van der Waals surface area contributed by atoms with Gasteiger partial charge in [0.05, 0.1) is 12.1 Å². The first kappa shape index (κ1) is 21.9. The molecule has 3 N–H and O–H groups in total. The quantitative estimate of drug-likeness (QED) is 0.629. The van der Waals surface area contributed by atoms with Crippen LogP contribution in [-0.2, 0) is 14.4 Å². The highest BCUT2D eigenvalue weighted by atomic mass is 16.4. The third-order valence-electron chi connectivity index (χ3n) is 7.38. The van der Waals surface area contributed by atoms with Gasteiger partial charge in [-0.2, -0.15) is 0 Å². The SMILES string of the molecule is CC(C)(C)C(=O)CC(CC(=O)O)CC(=O)N[C@H]1[C@H]2CC[C@@](C)([C@H]1O)C2(C)C. The zero-order valence-electron chi connectivity index (χ0n) is 17.5. The van der Waals surface area contributed by atoms with Gasteiger partial charge < -0.3 is 15.5 Å². The normalized spacial score (nSPS) is 32.9. The summed E-state index contributed by atoms with van der Waals surface area (Å²) in [6, 6.07) is -0.310. The van der Waals surface area contributed by atoms with E-state index in [9.17, 15) is 19.5 Å². The Morgan fingerprint density at radius 3 is 2.15 bits per heavy atom. The second kappa shape index (κ2) is 7.19. The predicted octanol–water partition coefficient (Wildman–Crippen LogP) is 2.77. The molecule has 0 aromatic carbocycles. The molecule has 2 bridgehead atoms. The predicted molar refractivity (Wildman–Crippen MR) is 102 cm³/mol. The number of aliphatic hydroxyl groups excluding tert-OH is 1. The number of carboxylic acids is 1. The molecule has 0 aromatic heterocycles. The molecule has 6 heteroatoms. The second-order valence-corrected chi connectivity index (χ2v) is 10.4. The molecule has 0 aliphatic heterocycles. The van der Waals surface area contributed by atoms with E-state index in [-0.39, 0.29) is 53.7 Å². The molecular weight excluding hydrogens is 346 g/mol. The maximum Gasteiger partial charge on any atom is 0.303 e. The van der Waals surface area contributed by atoms with E-state index < -0.39 is 23.4 Å². The average molecular weight is 382 g/mol. The Morgan fingerprint density at radius 1 is 1.11 bits per heavy atom. The highest BCUT2D eigenvalue weighted by Crippen LogP contribution is 2.65. The maximum absolute atomic E-state index is 12.6. The average Bonchev–Trinajstić information content (AvgIpc) is 2.79. The van der Waals surface area contributed by atoms with Crippen LogP contribution in [0, 0.1) is 28.1 Å². The highest BCUT2D eigenvalue weighted by Gasteiger charge is 2.66.